The molecular formula is C11H17N. The third-order valence-corrected chi connectivity index (χ3v) is 3.47. The van der Waals surface area contributed by atoms with Crippen molar-refractivity contribution in [3.8, 4) is 12.3 Å². The van der Waals surface area contributed by atoms with Gasteiger partial charge in [0.1, 0.15) is 0 Å². The van der Waals surface area contributed by atoms with Gasteiger partial charge >= 0.3 is 0 Å². The molecule has 1 nitrogen and oxygen atoms in total. The van der Waals surface area contributed by atoms with Gasteiger partial charge in [0.25, 0.3) is 0 Å². The maximum absolute atomic E-state index is 5.32. The van der Waals surface area contributed by atoms with E-state index in [-0.39, 0.29) is 0 Å². The van der Waals surface area contributed by atoms with Crippen molar-refractivity contribution in [2.45, 2.75) is 32.1 Å². The summed E-state index contributed by atoms with van der Waals surface area (Å²) < 4.78 is 0. The van der Waals surface area contributed by atoms with E-state index in [0.717, 1.165) is 6.54 Å². The third-order valence-electron chi connectivity index (χ3n) is 3.47. The Balaban J connectivity index is 1.90. The van der Waals surface area contributed by atoms with Crippen LogP contribution in [0.25, 0.3) is 0 Å². The number of hydrogen-bond acceptors (Lipinski definition) is 1. The van der Waals surface area contributed by atoms with Crippen LogP contribution in [0.1, 0.15) is 32.1 Å². The number of hydrogen-bond donors (Lipinski definition) is 0. The average molecular weight is 163 g/mol. The van der Waals surface area contributed by atoms with E-state index in [1.165, 1.54) is 45.2 Å². The molecule has 0 bridgehead atoms. The summed E-state index contributed by atoms with van der Waals surface area (Å²) in [7, 11) is 0. The van der Waals surface area contributed by atoms with Crippen LogP contribution in [0, 0.1) is 17.8 Å². The Morgan fingerprint density at radius 3 is 2.58 bits per heavy atom. The Morgan fingerprint density at radius 1 is 1.25 bits per heavy atom. The fourth-order valence-electron chi connectivity index (χ4n) is 2.66. The van der Waals surface area contributed by atoms with Crippen LogP contribution in [0.4, 0.5) is 0 Å². The molecule has 1 aliphatic heterocycles. The van der Waals surface area contributed by atoms with Crippen LogP contribution in [0.3, 0.4) is 0 Å². The fourth-order valence-corrected chi connectivity index (χ4v) is 2.66. The van der Waals surface area contributed by atoms with Crippen molar-refractivity contribution < 1.29 is 0 Å². The summed E-state index contributed by atoms with van der Waals surface area (Å²) in [6.07, 6.45) is 12.5. The van der Waals surface area contributed by atoms with Crippen molar-refractivity contribution in [2.24, 2.45) is 5.41 Å². The second-order valence-corrected chi connectivity index (χ2v) is 4.37. The van der Waals surface area contributed by atoms with Crippen LogP contribution in [0.5, 0.6) is 0 Å². The molecule has 1 saturated carbocycles. The molecule has 0 aromatic heterocycles. The molecule has 2 rings (SSSR count). The van der Waals surface area contributed by atoms with Gasteiger partial charge in [-0.1, -0.05) is 12.3 Å². The van der Waals surface area contributed by atoms with E-state index < -0.39 is 0 Å². The predicted molar refractivity (Wildman–Crippen MR) is 50.8 cm³/mol. The standard InChI is InChI=1S/C11H17N/c1-2-8-12-9-4-7-11(10-12)5-3-6-11/h1H,3-10H2. The van der Waals surface area contributed by atoms with Crippen molar-refractivity contribution in [2.75, 3.05) is 19.6 Å². The highest BCUT2D eigenvalue weighted by Gasteiger charge is 2.39. The largest absolute Gasteiger partial charge is 0.292 e. The molecule has 0 N–H and O–H groups in total. The SMILES string of the molecule is C#CCN1CCCC2(CCC2)C1. The first-order valence-corrected chi connectivity index (χ1v) is 5.01. The number of terminal acetylenes is 1. The Labute approximate surface area is 75.1 Å². The fraction of sp³-hybridized carbons (Fsp3) is 0.818. The molecular weight excluding hydrogens is 146 g/mol. The van der Waals surface area contributed by atoms with Crippen LogP contribution in [0.15, 0.2) is 0 Å². The summed E-state index contributed by atoms with van der Waals surface area (Å²) in [6.45, 7) is 3.37. The van der Waals surface area contributed by atoms with Crippen LogP contribution in [-0.2, 0) is 0 Å². The molecule has 1 heterocycles. The second-order valence-electron chi connectivity index (χ2n) is 4.37. The summed E-state index contributed by atoms with van der Waals surface area (Å²) >= 11 is 0. The van der Waals surface area contributed by atoms with Crippen LogP contribution < -0.4 is 0 Å². The monoisotopic (exact) mass is 163 g/mol. The minimum absolute atomic E-state index is 0.703. The van der Waals surface area contributed by atoms with Gasteiger partial charge in [0.2, 0.25) is 0 Å². The summed E-state index contributed by atoms with van der Waals surface area (Å²) in [5.41, 5.74) is 0.703. The second kappa shape index (κ2) is 3.11. The minimum Gasteiger partial charge on any atom is -0.292 e. The average Bonchev–Trinajstić information content (AvgIpc) is 2.03. The van der Waals surface area contributed by atoms with Crippen molar-refractivity contribution in [3.05, 3.63) is 0 Å². The van der Waals surface area contributed by atoms with Gasteiger partial charge in [0.05, 0.1) is 6.54 Å². The molecule has 0 aromatic carbocycles. The van der Waals surface area contributed by atoms with Gasteiger partial charge in [0, 0.05) is 6.54 Å². The zero-order valence-electron chi connectivity index (χ0n) is 7.68. The van der Waals surface area contributed by atoms with Crippen molar-refractivity contribution in [1.82, 2.24) is 4.90 Å². The van der Waals surface area contributed by atoms with Gasteiger partial charge < -0.3 is 0 Å². The first kappa shape index (κ1) is 8.13. The lowest BCUT2D eigenvalue weighted by Crippen LogP contribution is -2.46. The van der Waals surface area contributed by atoms with Gasteiger partial charge in [-0.3, -0.25) is 4.90 Å². The predicted octanol–water partition coefficient (Wildman–Crippen LogP) is 1.89. The molecule has 0 aromatic rings. The van der Waals surface area contributed by atoms with Crippen molar-refractivity contribution in [1.29, 1.82) is 0 Å². The lowest BCUT2D eigenvalue weighted by atomic mass is 9.64. The number of rotatable bonds is 1. The van der Waals surface area contributed by atoms with E-state index in [9.17, 15) is 0 Å². The van der Waals surface area contributed by atoms with Crippen LogP contribution in [0.2, 0.25) is 0 Å². The van der Waals surface area contributed by atoms with Gasteiger partial charge in [0.15, 0.2) is 0 Å². The van der Waals surface area contributed by atoms with E-state index in [2.05, 4.69) is 10.8 Å². The first-order valence-electron chi connectivity index (χ1n) is 5.01. The lowest BCUT2D eigenvalue weighted by molar-refractivity contribution is 0.0267. The summed E-state index contributed by atoms with van der Waals surface area (Å²) in [5.74, 6) is 2.75. The molecule has 12 heavy (non-hydrogen) atoms. The first-order chi connectivity index (χ1) is 5.85. The Hall–Kier alpha value is -0.480. The third kappa shape index (κ3) is 1.36. The lowest BCUT2D eigenvalue weighted by Gasteiger charge is -2.48. The van der Waals surface area contributed by atoms with E-state index in [0.29, 0.717) is 5.41 Å². The Bertz CT molecular complexity index is 198. The molecule has 1 saturated heterocycles. The highest BCUT2D eigenvalue weighted by Crippen LogP contribution is 2.47. The summed E-state index contributed by atoms with van der Waals surface area (Å²) in [6, 6.07) is 0. The van der Waals surface area contributed by atoms with E-state index in [4.69, 9.17) is 6.42 Å². The smallest absolute Gasteiger partial charge is 0.0599 e. The number of likely N-dealkylation sites (tertiary alicyclic amines) is 1. The molecule has 1 heteroatoms. The molecule has 0 radical (unpaired) electrons. The highest BCUT2D eigenvalue weighted by atomic mass is 15.1. The summed E-state index contributed by atoms with van der Waals surface area (Å²) in [4.78, 5) is 2.45. The van der Waals surface area contributed by atoms with Crippen molar-refractivity contribution in [3.63, 3.8) is 0 Å². The van der Waals surface area contributed by atoms with Crippen molar-refractivity contribution >= 4 is 0 Å². The topological polar surface area (TPSA) is 3.24 Å². The Morgan fingerprint density at radius 2 is 2.00 bits per heavy atom. The molecule has 1 aliphatic carbocycles. The van der Waals surface area contributed by atoms with Gasteiger partial charge in [-0.2, -0.15) is 0 Å². The molecule has 1 spiro atoms. The molecule has 2 fully saturated rings. The minimum atomic E-state index is 0.703. The normalized spacial score (nSPS) is 27.9. The van der Waals surface area contributed by atoms with E-state index in [1.54, 1.807) is 0 Å². The quantitative estimate of drug-likeness (QED) is 0.533. The van der Waals surface area contributed by atoms with Gasteiger partial charge in [-0.05, 0) is 37.6 Å². The molecule has 0 atom stereocenters. The van der Waals surface area contributed by atoms with Crippen LogP contribution in [-0.4, -0.2) is 24.5 Å². The van der Waals surface area contributed by atoms with E-state index in [1.807, 2.05) is 0 Å². The molecule has 0 unspecified atom stereocenters. The number of nitrogens with zero attached hydrogens (tertiary/aromatic N) is 1. The molecule has 0 amide bonds. The zero-order chi connectivity index (χ0) is 8.44. The maximum atomic E-state index is 5.32. The molecule has 66 valence electrons. The van der Waals surface area contributed by atoms with Gasteiger partial charge in [-0.25, -0.2) is 0 Å². The van der Waals surface area contributed by atoms with Gasteiger partial charge in [-0.15, -0.1) is 6.42 Å². The van der Waals surface area contributed by atoms with Crippen LogP contribution >= 0.6 is 0 Å². The maximum Gasteiger partial charge on any atom is 0.0599 e. The number of piperidine rings is 1. The summed E-state index contributed by atoms with van der Waals surface area (Å²) in [5, 5.41) is 0. The molecule has 2 aliphatic rings. The zero-order valence-corrected chi connectivity index (χ0v) is 7.68. The van der Waals surface area contributed by atoms with E-state index >= 15 is 0 Å². The Kier molecular flexibility index (Phi) is 2.11. The highest BCUT2D eigenvalue weighted by molar-refractivity contribution is 4.97.